The normalized spacial score (nSPS) is 10.9. The number of hydrogen-bond donors (Lipinski definition) is 0. The highest BCUT2D eigenvalue weighted by Crippen LogP contribution is 2.15. The summed E-state index contributed by atoms with van der Waals surface area (Å²) in [5.41, 5.74) is 1.95. The van der Waals surface area contributed by atoms with Gasteiger partial charge in [-0.15, -0.1) is 0 Å². The third-order valence-corrected chi connectivity index (χ3v) is 3.49. The van der Waals surface area contributed by atoms with Crippen molar-refractivity contribution in [3.05, 3.63) is 78.2 Å². The van der Waals surface area contributed by atoms with Gasteiger partial charge in [0.2, 0.25) is 11.7 Å². The van der Waals surface area contributed by atoms with E-state index in [2.05, 4.69) is 10.1 Å². The van der Waals surface area contributed by atoms with E-state index in [1.54, 1.807) is 0 Å². The van der Waals surface area contributed by atoms with Crippen LogP contribution in [0.2, 0.25) is 0 Å². The summed E-state index contributed by atoms with van der Waals surface area (Å²) in [5.74, 6) is 0.655. The SMILES string of the molecule is O=C(CCc1nc(-c2ccccc2)no1)OC/C=C/c1ccccc1. The molecule has 0 aliphatic rings. The number of ether oxygens (including phenoxy) is 1. The molecule has 5 nitrogen and oxygen atoms in total. The van der Waals surface area contributed by atoms with E-state index >= 15 is 0 Å². The Hall–Kier alpha value is -3.21. The third-order valence-electron chi connectivity index (χ3n) is 3.49. The molecule has 0 saturated carbocycles. The maximum atomic E-state index is 11.8. The summed E-state index contributed by atoms with van der Waals surface area (Å²) in [6, 6.07) is 19.4. The lowest BCUT2D eigenvalue weighted by atomic mass is 10.2. The zero-order valence-electron chi connectivity index (χ0n) is 13.7. The molecule has 0 bridgehead atoms. The molecule has 3 aromatic rings. The Kier molecular flexibility index (Phi) is 5.72. The van der Waals surface area contributed by atoms with Crippen LogP contribution in [0.25, 0.3) is 17.5 Å². The van der Waals surface area contributed by atoms with Gasteiger partial charge < -0.3 is 9.26 Å². The quantitative estimate of drug-likeness (QED) is 0.613. The van der Waals surface area contributed by atoms with Crippen LogP contribution in [-0.2, 0) is 16.0 Å². The van der Waals surface area contributed by atoms with Crippen molar-refractivity contribution < 1.29 is 14.1 Å². The van der Waals surface area contributed by atoms with E-state index in [1.807, 2.05) is 72.8 Å². The maximum Gasteiger partial charge on any atom is 0.306 e. The standard InChI is InChI=1S/C20H18N2O3/c23-19(24-15-7-10-16-8-3-1-4-9-16)14-13-18-21-20(22-25-18)17-11-5-2-6-12-17/h1-12H,13-15H2/b10-7+. The van der Waals surface area contributed by atoms with Gasteiger partial charge in [0, 0.05) is 12.0 Å². The zero-order valence-corrected chi connectivity index (χ0v) is 13.7. The first-order valence-electron chi connectivity index (χ1n) is 8.06. The molecule has 1 aromatic heterocycles. The molecule has 0 amide bonds. The van der Waals surface area contributed by atoms with Crippen LogP contribution in [-0.4, -0.2) is 22.7 Å². The fourth-order valence-electron chi connectivity index (χ4n) is 2.23. The number of aromatic nitrogens is 2. The van der Waals surface area contributed by atoms with Crippen molar-refractivity contribution in [1.82, 2.24) is 10.1 Å². The van der Waals surface area contributed by atoms with Crippen LogP contribution in [0.4, 0.5) is 0 Å². The Morgan fingerprint density at radius 1 is 1.04 bits per heavy atom. The Labute approximate surface area is 146 Å². The smallest absolute Gasteiger partial charge is 0.306 e. The zero-order chi connectivity index (χ0) is 17.3. The van der Waals surface area contributed by atoms with Crippen molar-refractivity contribution in [2.45, 2.75) is 12.8 Å². The average Bonchev–Trinajstić information content (AvgIpc) is 3.14. The highest BCUT2D eigenvalue weighted by atomic mass is 16.5. The summed E-state index contributed by atoms with van der Waals surface area (Å²) < 4.78 is 10.3. The molecule has 5 heteroatoms. The second kappa shape index (κ2) is 8.59. The molecule has 0 unspecified atom stereocenters. The van der Waals surface area contributed by atoms with E-state index in [-0.39, 0.29) is 19.0 Å². The lowest BCUT2D eigenvalue weighted by Gasteiger charge is -1.99. The Balaban J connectivity index is 1.42. The first kappa shape index (κ1) is 16.6. The Morgan fingerprint density at radius 3 is 2.52 bits per heavy atom. The predicted octanol–water partition coefficient (Wildman–Crippen LogP) is 3.93. The molecule has 0 aliphatic heterocycles. The maximum absolute atomic E-state index is 11.8. The summed E-state index contributed by atoms with van der Waals surface area (Å²) in [4.78, 5) is 16.0. The number of carbonyl (C=O) groups is 1. The van der Waals surface area contributed by atoms with Gasteiger partial charge in [-0.1, -0.05) is 71.9 Å². The molecule has 126 valence electrons. The highest BCUT2D eigenvalue weighted by Gasteiger charge is 2.10. The summed E-state index contributed by atoms with van der Waals surface area (Å²) in [6.07, 6.45) is 4.29. The topological polar surface area (TPSA) is 65.2 Å². The van der Waals surface area contributed by atoms with Gasteiger partial charge in [-0.05, 0) is 11.6 Å². The molecule has 0 atom stereocenters. The molecule has 2 aromatic carbocycles. The molecule has 0 aliphatic carbocycles. The van der Waals surface area contributed by atoms with E-state index in [9.17, 15) is 4.79 Å². The number of carbonyl (C=O) groups excluding carboxylic acids is 1. The van der Waals surface area contributed by atoms with Gasteiger partial charge in [0.05, 0.1) is 6.42 Å². The lowest BCUT2D eigenvalue weighted by molar-refractivity contribution is -0.142. The average molecular weight is 334 g/mol. The minimum absolute atomic E-state index is 0.204. The summed E-state index contributed by atoms with van der Waals surface area (Å²) in [7, 11) is 0. The van der Waals surface area contributed by atoms with Crippen molar-refractivity contribution >= 4 is 12.0 Å². The minimum atomic E-state index is -0.294. The minimum Gasteiger partial charge on any atom is -0.461 e. The predicted molar refractivity (Wildman–Crippen MR) is 94.5 cm³/mol. The van der Waals surface area contributed by atoms with E-state index in [1.165, 1.54) is 0 Å². The van der Waals surface area contributed by atoms with Crippen molar-refractivity contribution in [2.75, 3.05) is 6.61 Å². The second-order valence-corrected chi connectivity index (χ2v) is 5.37. The molecule has 0 saturated heterocycles. The summed E-state index contributed by atoms with van der Waals surface area (Å²) >= 11 is 0. The first-order chi connectivity index (χ1) is 12.3. The summed E-state index contributed by atoms with van der Waals surface area (Å²) in [5, 5.41) is 3.92. The van der Waals surface area contributed by atoms with Crippen molar-refractivity contribution in [3.8, 4) is 11.4 Å². The number of esters is 1. The van der Waals surface area contributed by atoms with Gasteiger partial charge in [0.1, 0.15) is 6.61 Å². The number of rotatable bonds is 7. The second-order valence-electron chi connectivity index (χ2n) is 5.37. The van der Waals surface area contributed by atoms with Crippen LogP contribution >= 0.6 is 0 Å². The number of nitrogens with zero attached hydrogens (tertiary/aromatic N) is 2. The molecule has 0 radical (unpaired) electrons. The van der Waals surface area contributed by atoms with E-state index < -0.39 is 0 Å². The monoisotopic (exact) mass is 334 g/mol. The van der Waals surface area contributed by atoms with Crippen LogP contribution in [0.3, 0.4) is 0 Å². The highest BCUT2D eigenvalue weighted by molar-refractivity contribution is 5.69. The van der Waals surface area contributed by atoms with E-state index in [4.69, 9.17) is 9.26 Å². The van der Waals surface area contributed by atoms with Crippen molar-refractivity contribution in [3.63, 3.8) is 0 Å². The van der Waals surface area contributed by atoms with Crippen LogP contribution in [0.15, 0.2) is 71.3 Å². The van der Waals surface area contributed by atoms with Gasteiger partial charge in [-0.25, -0.2) is 0 Å². The molecular formula is C20H18N2O3. The number of aryl methyl sites for hydroxylation is 1. The van der Waals surface area contributed by atoms with Crippen LogP contribution in [0, 0.1) is 0 Å². The van der Waals surface area contributed by atoms with Crippen LogP contribution in [0.5, 0.6) is 0 Å². The van der Waals surface area contributed by atoms with Crippen molar-refractivity contribution in [2.24, 2.45) is 0 Å². The van der Waals surface area contributed by atoms with Crippen molar-refractivity contribution in [1.29, 1.82) is 0 Å². The molecule has 1 heterocycles. The van der Waals surface area contributed by atoms with Crippen LogP contribution < -0.4 is 0 Å². The number of benzene rings is 2. The molecule has 0 spiro atoms. The summed E-state index contributed by atoms with van der Waals surface area (Å²) in [6.45, 7) is 0.243. The molecule has 0 fully saturated rings. The molecular weight excluding hydrogens is 316 g/mol. The van der Waals surface area contributed by atoms with Gasteiger partial charge in [-0.3, -0.25) is 4.79 Å². The number of hydrogen-bond acceptors (Lipinski definition) is 5. The van der Waals surface area contributed by atoms with E-state index in [0.717, 1.165) is 11.1 Å². The van der Waals surface area contributed by atoms with Gasteiger partial charge >= 0.3 is 5.97 Å². The largest absolute Gasteiger partial charge is 0.461 e. The van der Waals surface area contributed by atoms with Gasteiger partial charge in [-0.2, -0.15) is 4.98 Å². The van der Waals surface area contributed by atoms with Gasteiger partial charge in [0.15, 0.2) is 0 Å². The fraction of sp³-hybridized carbons (Fsp3) is 0.150. The Bertz CT molecular complexity index is 826. The molecule has 25 heavy (non-hydrogen) atoms. The van der Waals surface area contributed by atoms with Crippen LogP contribution in [0.1, 0.15) is 17.9 Å². The van der Waals surface area contributed by atoms with E-state index in [0.29, 0.717) is 18.1 Å². The lowest BCUT2D eigenvalue weighted by Crippen LogP contribution is -2.05. The third kappa shape index (κ3) is 5.14. The molecule has 3 rings (SSSR count). The Morgan fingerprint density at radius 2 is 1.76 bits per heavy atom. The fourth-order valence-corrected chi connectivity index (χ4v) is 2.23. The first-order valence-corrected chi connectivity index (χ1v) is 8.06. The molecule has 0 N–H and O–H groups in total. The van der Waals surface area contributed by atoms with Gasteiger partial charge in [0.25, 0.3) is 0 Å².